The van der Waals surface area contributed by atoms with Gasteiger partial charge in [-0.1, -0.05) is 54.6 Å². The molecule has 2 aliphatic rings. The fourth-order valence-electron chi connectivity index (χ4n) is 5.44. The lowest BCUT2D eigenvalue weighted by atomic mass is 10.1. The smallest absolute Gasteiger partial charge is 0.229 e. The molecule has 3 aromatic carbocycles. The molecule has 200 valence electrons. The van der Waals surface area contributed by atoms with Crippen molar-refractivity contribution in [2.45, 2.75) is 45.1 Å². The van der Waals surface area contributed by atoms with Crippen LogP contribution in [0.5, 0.6) is 5.75 Å². The predicted molar refractivity (Wildman–Crippen MR) is 160 cm³/mol. The van der Waals surface area contributed by atoms with Gasteiger partial charge in [0.05, 0.1) is 6.21 Å². The Kier molecular flexibility index (Phi) is 7.84. The molecule has 6 rings (SSSR count). The Balaban J connectivity index is 1.15. The SMILES string of the molecule is C(=N\Nc1cc(N2CCCCC2)nc(N2CCCCC2)n1)/c1cccc(OCc2cccc3ccccc23)c1. The topological polar surface area (TPSA) is 65.9 Å². The van der Waals surface area contributed by atoms with Crippen LogP contribution in [0.4, 0.5) is 17.6 Å². The number of aromatic nitrogens is 2. The second-order valence-electron chi connectivity index (χ2n) is 10.4. The first-order valence-corrected chi connectivity index (χ1v) is 14.2. The van der Waals surface area contributed by atoms with Crippen LogP contribution in [0.25, 0.3) is 10.8 Å². The monoisotopic (exact) mass is 520 g/mol. The van der Waals surface area contributed by atoms with E-state index in [9.17, 15) is 0 Å². The lowest BCUT2D eigenvalue weighted by Gasteiger charge is -2.31. The third kappa shape index (κ3) is 6.30. The van der Waals surface area contributed by atoms with Crippen LogP contribution in [0, 0.1) is 0 Å². The zero-order valence-electron chi connectivity index (χ0n) is 22.4. The summed E-state index contributed by atoms with van der Waals surface area (Å²) in [6.45, 7) is 4.63. The van der Waals surface area contributed by atoms with Crippen molar-refractivity contribution in [1.29, 1.82) is 0 Å². The molecule has 0 amide bonds. The second-order valence-corrected chi connectivity index (χ2v) is 10.4. The summed E-state index contributed by atoms with van der Waals surface area (Å²) in [6, 6.07) is 24.8. The number of hydrazone groups is 1. The van der Waals surface area contributed by atoms with E-state index in [0.29, 0.717) is 6.61 Å². The first kappa shape index (κ1) is 25.2. The number of fused-ring (bicyclic) bond motifs is 1. The molecule has 39 heavy (non-hydrogen) atoms. The van der Waals surface area contributed by atoms with E-state index in [2.05, 4.69) is 62.8 Å². The van der Waals surface area contributed by atoms with Crippen LogP contribution in [-0.4, -0.2) is 42.4 Å². The van der Waals surface area contributed by atoms with Crippen molar-refractivity contribution in [2.75, 3.05) is 41.4 Å². The van der Waals surface area contributed by atoms with Crippen molar-refractivity contribution in [3.05, 3.63) is 83.9 Å². The molecule has 0 radical (unpaired) electrons. The predicted octanol–water partition coefficient (Wildman–Crippen LogP) is 6.64. The van der Waals surface area contributed by atoms with Gasteiger partial charge in [0.15, 0.2) is 5.82 Å². The summed E-state index contributed by atoms with van der Waals surface area (Å²) in [4.78, 5) is 14.5. The summed E-state index contributed by atoms with van der Waals surface area (Å²) >= 11 is 0. The quantitative estimate of drug-likeness (QED) is 0.208. The molecule has 0 atom stereocenters. The van der Waals surface area contributed by atoms with Crippen LogP contribution in [0.15, 0.2) is 77.9 Å². The fraction of sp³-hybridized carbons (Fsp3) is 0.344. The Morgan fingerprint density at radius 1 is 0.769 bits per heavy atom. The normalized spacial score (nSPS) is 16.1. The van der Waals surface area contributed by atoms with Crippen LogP contribution in [0.1, 0.15) is 49.7 Å². The zero-order chi connectivity index (χ0) is 26.3. The molecular weight excluding hydrogens is 484 g/mol. The zero-order valence-corrected chi connectivity index (χ0v) is 22.4. The number of piperidine rings is 2. The highest BCUT2D eigenvalue weighted by atomic mass is 16.5. The van der Waals surface area contributed by atoms with Gasteiger partial charge in [0.2, 0.25) is 5.95 Å². The largest absolute Gasteiger partial charge is 0.489 e. The second kappa shape index (κ2) is 12.2. The molecule has 0 aliphatic carbocycles. The number of hydrogen-bond donors (Lipinski definition) is 1. The number of nitrogens with one attached hydrogen (secondary N) is 1. The van der Waals surface area contributed by atoms with Crippen LogP contribution in [0.3, 0.4) is 0 Å². The Morgan fingerprint density at radius 2 is 1.51 bits per heavy atom. The van der Waals surface area contributed by atoms with Gasteiger partial charge in [0, 0.05) is 32.2 Å². The van der Waals surface area contributed by atoms with Gasteiger partial charge in [-0.15, -0.1) is 0 Å². The highest BCUT2D eigenvalue weighted by Gasteiger charge is 2.19. The number of nitrogens with zero attached hydrogens (tertiary/aromatic N) is 5. The van der Waals surface area contributed by atoms with E-state index in [1.807, 2.05) is 36.5 Å². The molecule has 3 heterocycles. The Labute approximate surface area is 230 Å². The molecular formula is C32H36N6O. The van der Waals surface area contributed by atoms with Crippen LogP contribution in [0.2, 0.25) is 0 Å². The Bertz CT molecular complexity index is 1380. The highest BCUT2D eigenvalue weighted by Crippen LogP contribution is 2.25. The Morgan fingerprint density at radius 3 is 2.36 bits per heavy atom. The maximum absolute atomic E-state index is 6.16. The van der Waals surface area contributed by atoms with Crippen LogP contribution < -0.4 is 20.0 Å². The van der Waals surface area contributed by atoms with E-state index >= 15 is 0 Å². The molecule has 0 unspecified atom stereocenters. The number of rotatable bonds is 8. The van der Waals surface area contributed by atoms with Crippen molar-refractivity contribution in [3.8, 4) is 5.75 Å². The van der Waals surface area contributed by atoms with Crippen molar-refractivity contribution < 1.29 is 4.74 Å². The van der Waals surface area contributed by atoms with Crippen LogP contribution in [-0.2, 0) is 6.61 Å². The molecule has 2 aliphatic heterocycles. The first-order chi connectivity index (χ1) is 19.3. The average Bonchev–Trinajstić information content (AvgIpc) is 3.01. The van der Waals surface area contributed by atoms with E-state index in [0.717, 1.165) is 55.1 Å². The minimum Gasteiger partial charge on any atom is -0.489 e. The van der Waals surface area contributed by atoms with Gasteiger partial charge >= 0.3 is 0 Å². The minimum atomic E-state index is 0.514. The minimum absolute atomic E-state index is 0.514. The molecule has 2 saturated heterocycles. The van der Waals surface area contributed by atoms with Gasteiger partial charge in [-0.3, -0.25) is 5.43 Å². The van der Waals surface area contributed by atoms with Gasteiger partial charge in [-0.05, 0) is 72.6 Å². The molecule has 7 nitrogen and oxygen atoms in total. The van der Waals surface area contributed by atoms with Gasteiger partial charge in [-0.2, -0.15) is 15.1 Å². The Hall–Kier alpha value is -4.13. The molecule has 0 spiro atoms. The van der Waals surface area contributed by atoms with Gasteiger partial charge in [0.25, 0.3) is 0 Å². The molecule has 7 heteroatoms. The summed E-state index contributed by atoms with van der Waals surface area (Å²) < 4.78 is 6.16. The fourth-order valence-corrected chi connectivity index (χ4v) is 5.44. The van der Waals surface area contributed by atoms with E-state index in [-0.39, 0.29) is 0 Å². The number of ether oxygens (including phenoxy) is 1. The first-order valence-electron chi connectivity index (χ1n) is 14.2. The molecule has 0 saturated carbocycles. The van der Waals surface area contributed by atoms with E-state index in [1.54, 1.807) is 0 Å². The van der Waals surface area contributed by atoms with Crippen LogP contribution >= 0.6 is 0 Å². The average molecular weight is 521 g/mol. The summed E-state index contributed by atoms with van der Waals surface area (Å²) in [5, 5.41) is 6.97. The molecule has 4 aromatic rings. The van der Waals surface area contributed by atoms with Crippen molar-refractivity contribution in [1.82, 2.24) is 9.97 Å². The third-order valence-corrected chi connectivity index (χ3v) is 7.54. The summed E-state index contributed by atoms with van der Waals surface area (Å²) in [7, 11) is 0. The maximum Gasteiger partial charge on any atom is 0.229 e. The van der Waals surface area contributed by atoms with Gasteiger partial charge in [0.1, 0.15) is 18.2 Å². The van der Waals surface area contributed by atoms with E-state index < -0.39 is 0 Å². The standard InChI is InChI=1S/C32H36N6O/c1-5-17-37(18-6-1)31-22-30(34-32(35-31)38-19-7-2-8-20-38)36-33-23-25-11-9-15-28(21-25)39-24-27-14-10-13-26-12-3-4-16-29(26)27/h3-4,9-16,21-23H,1-2,5-8,17-20,24H2,(H,34,35,36)/b33-23+. The molecule has 1 aromatic heterocycles. The molecule has 2 fully saturated rings. The molecule has 1 N–H and O–H groups in total. The maximum atomic E-state index is 6.16. The number of hydrogen-bond acceptors (Lipinski definition) is 7. The summed E-state index contributed by atoms with van der Waals surface area (Å²) in [6.07, 6.45) is 9.19. The van der Waals surface area contributed by atoms with E-state index in [1.165, 1.54) is 54.9 Å². The summed E-state index contributed by atoms with van der Waals surface area (Å²) in [5.41, 5.74) is 5.30. The van der Waals surface area contributed by atoms with E-state index in [4.69, 9.17) is 14.7 Å². The highest BCUT2D eigenvalue weighted by molar-refractivity contribution is 5.85. The lowest BCUT2D eigenvalue weighted by Crippen LogP contribution is -2.33. The lowest BCUT2D eigenvalue weighted by molar-refractivity contribution is 0.307. The number of benzene rings is 3. The van der Waals surface area contributed by atoms with Gasteiger partial charge < -0.3 is 14.5 Å². The number of anilines is 3. The van der Waals surface area contributed by atoms with Crippen molar-refractivity contribution in [2.24, 2.45) is 5.10 Å². The van der Waals surface area contributed by atoms with Crippen molar-refractivity contribution in [3.63, 3.8) is 0 Å². The van der Waals surface area contributed by atoms with Crippen molar-refractivity contribution >= 4 is 34.6 Å². The van der Waals surface area contributed by atoms with Gasteiger partial charge in [-0.25, -0.2) is 0 Å². The summed E-state index contributed by atoms with van der Waals surface area (Å²) in [5.74, 6) is 3.34. The third-order valence-electron chi connectivity index (χ3n) is 7.54. The molecule has 0 bridgehead atoms.